The smallest absolute Gasteiger partial charge is 0.299 e. The van der Waals surface area contributed by atoms with Crippen molar-refractivity contribution in [2.75, 3.05) is 28.4 Å². The fourth-order valence-corrected chi connectivity index (χ4v) is 3.92. The minimum Gasteiger partial charge on any atom is -0.493 e. The number of rotatable bonds is 8. The fraction of sp³-hybridized carbons (Fsp3) is 0.211. The average molecular weight is 437 g/mol. The van der Waals surface area contributed by atoms with Crippen LogP contribution >= 0.6 is 11.5 Å². The van der Waals surface area contributed by atoms with E-state index < -0.39 is 11.0 Å². The predicted octanol–water partition coefficient (Wildman–Crippen LogP) is 3.42. The monoisotopic (exact) mass is 437 g/mol. The zero-order chi connectivity index (χ0) is 21.0. The molecular formula is C19H19NO7S2. The molecule has 8 nitrogen and oxygen atoms in total. The highest BCUT2D eigenvalue weighted by molar-refractivity contribution is 7.67. The molecule has 0 unspecified atom stereocenters. The van der Waals surface area contributed by atoms with Crippen LogP contribution in [0, 0.1) is 0 Å². The Balaban J connectivity index is 2.13. The van der Waals surface area contributed by atoms with Crippen LogP contribution in [0.1, 0.15) is 0 Å². The lowest BCUT2D eigenvalue weighted by Gasteiger charge is -2.14. The number of nitrogens with zero attached hydrogens (tertiary/aromatic N) is 1. The Morgan fingerprint density at radius 1 is 0.793 bits per heavy atom. The van der Waals surface area contributed by atoms with Crippen LogP contribution in [-0.2, 0) is 11.0 Å². The molecule has 0 amide bonds. The third-order valence-electron chi connectivity index (χ3n) is 4.14. The number of aromatic nitrogens is 1. The van der Waals surface area contributed by atoms with E-state index in [2.05, 4.69) is 4.37 Å². The highest BCUT2D eigenvalue weighted by Crippen LogP contribution is 2.45. The number of ether oxygens (including phenoxy) is 4. The average Bonchev–Trinajstić information content (AvgIpc) is 3.22. The van der Waals surface area contributed by atoms with E-state index >= 15 is 0 Å². The standard InChI is InChI=1S/C19H19NO7S2/c1-23-14-6-5-11(7-15(14)27-29(21)22)13-10-20-28-19(13)12-8-16(24-2)18(26-4)17(9-12)25-3/h5-10,29H,1-4H3. The van der Waals surface area contributed by atoms with Crippen molar-refractivity contribution in [3.63, 3.8) is 0 Å². The van der Waals surface area contributed by atoms with E-state index in [4.69, 9.17) is 23.1 Å². The van der Waals surface area contributed by atoms with Crippen molar-refractivity contribution in [2.45, 2.75) is 0 Å². The van der Waals surface area contributed by atoms with Gasteiger partial charge in [0.1, 0.15) is 0 Å². The molecule has 0 fully saturated rings. The number of thiol groups is 1. The first-order valence-electron chi connectivity index (χ1n) is 8.28. The highest BCUT2D eigenvalue weighted by Gasteiger charge is 2.19. The Kier molecular flexibility index (Phi) is 6.45. The van der Waals surface area contributed by atoms with Gasteiger partial charge in [0.05, 0.1) is 33.3 Å². The second-order valence-electron chi connectivity index (χ2n) is 5.66. The van der Waals surface area contributed by atoms with Crippen LogP contribution in [0.15, 0.2) is 36.5 Å². The van der Waals surface area contributed by atoms with E-state index in [1.54, 1.807) is 38.6 Å². The summed E-state index contributed by atoms with van der Waals surface area (Å²) < 4.78 is 52.6. The van der Waals surface area contributed by atoms with Crippen LogP contribution < -0.4 is 23.1 Å². The lowest BCUT2D eigenvalue weighted by atomic mass is 10.0. The maximum Gasteiger partial charge on any atom is 0.299 e. The van der Waals surface area contributed by atoms with Gasteiger partial charge >= 0.3 is 0 Å². The van der Waals surface area contributed by atoms with Crippen molar-refractivity contribution in [1.29, 1.82) is 0 Å². The van der Waals surface area contributed by atoms with Gasteiger partial charge in [0.2, 0.25) is 5.75 Å². The fourth-order valence-electron chi connectivity index (χ4n) is 2.86. The topological polar surface area (TPSA) is 93.2 Å². The van der Waals surface area contributed by atoms with E-state index in [0.717, 1.165) is 21.6 Å². The van der Waals surface area contributed by atoms with Gasteiger partial charge in [-0.05, 0) is 41.4 Å². The molecule has 0 atom stereocenters. The summed E-state index contributed by atoms with van der Waals surface area (Å²) in [6.07, 6.45) is 1.70. The molecule has 0 radical (unpaired) electrons. The van der Waals surface area contributed by atoms with Crippen LogP contribution in [0.2, 0.25) is 0 Å². The first-order chi connectivity index (χ1) is 14.0. The maximum absolute atomic E-state index is 11.0. The van der Waals surface area contributed by atoms with Gasteiger partial charge in [0.15, 0.2) is 23.0 Å². The van der Waals surface area contributed by atoms with Crippen LogP contribution in [0.5, 0.6) is 28.7 Å². The van der Waals surface area contributed by atoms with E-state index in [-0.39, 0.29) is 5.75 Å². The summed E-state index contributed by atoms with van der Waals surface area (Å²) in [6, 6.07) is 8.69. The van der Waals surface area contributed by atoms with Gasteiger partial charge in [-0.3, -0.25) is 0 Å². The normalized spacial score (nSPS) is 10.7. The Morgan fingerprint density at radius 2 is 1.41 bits per heavy atom. The molecule has 0 spiro atoms. The summed E-state index contributed by atoms with van der Waals surface area (Å²) in [5, 5.41) is 0. The molecule has 29 heavy (non-hydrogen) atoms. The van der Waals surface area contributed by atoms with Gasteiger partial charge in [0.25, 0.3) is 11.0 Å². The summed E-state index contributed by atoms with van der Waals surface area (Å²) in [6.45, 7) is 0. The lowest BCUT2D eigenvalue weighted by molar-refractivity contribution is 0.324. The molecular weight excluding hydrogens is 418 g/mol. The molecule has 2 aromatic carbocycles. The molecule has 0 saturated heterocycles. The predicted molar refractivity (Wildman–Crippen MR) is 110 cm³/mol. The van der Waals surface area contributed by atoms with Gasteiger partial charge in [-0.1, -0.05) is 6.07 Å². The van der Waals surface area contributed by atoms with Crippen molar-refractivity contribution in [1.82, 2.24) is 4.37 Å². The van der Waals surface area contributed by atoms with Gasteiger partial charge in [-0.2, -0.15) is 12.8 Å². The minimum atomic E-state index is -3.08. The second kappa shape index (κ2) is 9.01. The zero-order valence-electron chi connectivity index (χ0n) is 16.1. The molecule has 0 aliphatic heterocycles. The molecule has 0 aliphatic rings. The van der Waals surface area contributed by atoms with Crippen LogP contribution in [0.25, 0.3) is 21.6 Å². The molecule has 1 heterocycles. The summed E-state index contributed by atoms with van der Waals surface area (Å²) >= 11 is 1.29. The number of hydrogen-bond acceptors (Lipinski definition) is 9. The molecule has 1 aromatic heterocycles. The third kappa shape index (κ3) is 4.22. The Hall–Kier alpha value is -2.98. The molecule has 0 bridgehead atoms. The summed E-state index contributed by atoms with van der Waals surface area (Å²) in [4.78, 5) is 0.840. The summed E-state index contributed by atoms with van der Waals surface area (Å²) in [7, 11) is 2.99. The molecule has 0 saturated carbocycles. The highest BCUT2D eigenvalue weighted by atomic mass is 32.2. The third-order valence-corrected chi connectivity index (χ3v) is 5.34. The van der Waals surface area contributed by atoms with Gasteiger partial charge in [-0.25, -0.2) is 0 Å². The summed E-state index contributed by atoms with van der Waals surface area (Å²) in [5.74, 6) is 1.93. The molecule has 10 heteroatoms. The first kappa shape index (κ1) is 20.7. The number of methoxy groups -OCH3 is 4. The maximum atomic E-state index is 11.0. The molecule has 154 valence electrons. The molecule has 0 N–H and O–H groups in total. The van der Waals surface area contributed by atoms with Gasteiger partial charge in [0, 0.05) is 17.3 Å². The Bertz CT molecular complexity index is 1060. The van der Waals surface area contributed by atoms with Gasteiger partial charge in [-0.15, -0.1) is 0 Å². The first-order valence-corrected chi connectivity index (χ1v) is 10.1. The Morgan fingerprint density at radius 3 is 1.97 bits per heavy atom. The second-order valence-corrected chi connectivity index (χ2v) is 7.09. The van der Waals surface area contributed by atoms with Crippen molar-refractivity contribution >= 4 is 22.5 Å². The lowest BCUT2D eigenvalue weighted by Crippen LogP contribution is -1.96. The Labute approximate surface area is 173 Å². The zero-order valence-corrected chi connectivity index (χ0v) is 17.8. The van der Waals surface area contributed by atoms with E-state index in [1.807, 2.05) is 12.1 Å². The molecule has 0 aliphatic carbocycles. The van der Waals surface area contributed by atoms with E-state index in [0.29, 0.717) is 23.0 Å². The quantitative estimate of drug-likeness (QED) is 0.536. The van der Waals surface area contributed by atoms with Crippen molar-refractivity contribution < 1.29 is 31.5 Å². The van der Waals surface area contributed by atoms with Gasteiger partial charge < -0.3 is 23.1 Å². The summed E-state index contributed by atoms with van der Waals surface area (Å²) in [5.41, 5.74) is 2.32. The van der Waals surface area contributed by atoms with Crippen molar-refractivity contribution in [2.24, 2.45) is 0 Å². The minimum absolute atomic E-state index is 0.100. The molecule has 3 rings (SSSR count). The van der Waals surface area contributed by atoms with Crippen molar-refractivity contribution in [3.8, 4) is 50.3 Å². The number of benzene rings is 2. The van der Waals surface area contributed by atoms with Crippen molar-refractivity contribution in [3.05, 3.63) is 36.5 Å². The van der Waals surface area contributed by atoms with Crippen LogP contribution in [-0.4, -0.2) is 41.2 Å². The van der Waals surface area contributed by atoms with E-state index in [9.17, 15) is 8.42 Å². The van der Waals surface area contributed by atoms with Crippen LogP contribution in [0.4, 0.5) is 0 Å². The SMILES string of the molecule is COc1ccc(-c2cnsc2-c2cc(OC)c(OC)c(OC)c2)cc1O[SH](=O)=O. The van der Waals surface area contributed by atoms with E-state index in [1.165, 1.54) is 25.8 Å². The largest absolute Gasteiger partial charge is 0.493 e. The molecule has 3 aromatic rings. The number of hydrogen-bond donors (Lipinski definition) is 1. The van der Waals surface area contributed by atoms with Crippen LogP contribution in [0.3, 0.4) is 0 Å².